The molecule has 0 aliphatic carbocycles. The fourth-order valence-electron chi connectivity index (χ4n) is 0.970. The van der Waals surface area contributed by atoms with Crippen molar-refractivity contribution in [2.24, 2.45) is 0 Å². The van der Waals surface area contributed by atoms with Crippen molar-refractivity contribution in [3.8, 4) is 5.75 Å². The third-order valence-electron chi connectivity index (χ3n) is 1.64. The summed E-state index contributed by atoms with van der Waals surface area (Å²) in [6.07, 6.45) is 2.59. The summed E-state index contributed by atoms with van der Waals surface area (Å²) in [6.45, 7) is 0. The predicted octanol–water partition coefficient (Wildman–Crippen LogP) is 2.69. The van der Waals surface area contributed by atoms with Crippen LogP contribution in [0.25, 0.3) is 0 Å². The smallest absolute Gasteiger partial charge is 0.177 e. The molecule has 0 aliphatic rings. The number of carbonyl (C=O) groups excluding carboxylic acids is 1. The van der Waals surface area contributed by atoms with Gasteiger partial charge in [-0.1, -0.05) is 0 Å². The molecular formula is C9H12O2S2. The summed E-state index contributed by atoms with van der Waals surface area (Å²) in [6, 6.07) is 1.83. The van der Waals surface area contributed by atoms with Crippen LogP contribution in [0.15, 0.2) is 11.4 Å². The van der Waals surface area contributed by atoms with Crippen LogP contribution in [0.3, 0.4) is 0 Å². The number of rotatable bonds is 5. The quantitative estimate of drug-likeness (QED) is 0.708. The van der Waals surface area contributed by atoms with Gasteiger partial charge in [0.05, 0.1) is 7.11 Å². The van der Waals surface area contributed by atoms with E-state index in [1.165, 1.54) is 11.3 Å². The number of hydrogen-bond donors (Lipinski definition) is 0. The van der Waals surface area contributed by atoms with Crippen molar-refractivity contribution in [1.29, 1.82) is 0 Å². The highest BCUT2D eigenvalue weighted by atomic mass is 32.2. The van der Waals surface area contributed by atoms with E-state index in [4.69, 9.17) is 4.74 Å². The van der Waals surface area contributed by atoms with E-state index in [0.717, 1.165) is 10.6 Å². The molecule has 0 spiro atoms. The molecule has 0 atom stereocenters. The number of methoxy groups -OCH3 is 1. The molecule has 0 amide bonds. The van der Waals surface area contributed by atoms with Gasteiger partial charge in [-0.3, -0.25) is 4.79 Å². The molecule has 1 aromatic heterocycles. The number of thioether (sulfide) groups is 1. The first-order valence-electron chi connectivity index (χ1n) is 3.93. The van der Waals surface area contributed by atoms with Gasteiger partial charge in [0.15, 0.2) is 5.78 Å². The van der Waals surface area contributed by atoms with E-state index < -0.39 is 0 Å². The number of carbonyl (C=O) groups is 1. The Morgan fingerprint density at radius 2 is 2.46 bits per heavy atom. The lowest BCUT2D eigenvalue weighted by Crippen LogP contribution is -1.99. The molecule has 0 N–H and O–H groups in total. The van der Waals surface area contributed by atoms with Gasteiger partial charge in [0.25, 0.3) is 0 Å². The van der Waals surface area contributed by atoms with Gasteiger partial charge in [0.1, 0.15) is 10.6 Å². The number of hydrogen-bond acceptors (Lipinski definition) is 4. The first kappa shape index (κ1) is 10.6. The molecule has 1 heterocycles. The zero-order valence-electron chi connectivity index (χ0n) is 7.70. The van der Waals surface area contributed by atoms with Gasteiger partial charge in [-0.25, -0.2) is 0 Å². The highest BCUT2D eigenvalue weighted by Gasteiger charge is 2.12. The second-order valence-electron chi connectivity index (χ2n) is 2.48. The normalized spacial score (nSPS) is 10.0. The molecule has 0 radical (unpaired) electrons. The summed E-state index contributed by atoms with van der Waals surface area (Å²) < 4.78 is 5.07. The molecule has 0 saturated carbocycles. The highest BCUT2D eigenvalue weighted by molar-refractivity contribution is 7.98. The minimum absolute atomic E-state index is 0.182. The van der Waals surface area contributed by atoms with Gasteiger partial charge in [0.2, 0.25) is 0 Å². The summed E-state index contributed by atoms with van der Waals surface area (Å²) in [5.74, 6) is 1.76. The Labute approximate surface area is 86.3 Å². The molecular weight excluding hydrogens is 204 g/mol. The second kappa shape index (κ2) is 5.29. The van der Waals surface area contributed by atoms with Crippen molar-refractivity contribution < 1.29 is 9.53 Å². The minimum atomic E-state index is 0.182. The van der Waals surface area contributed by atoms with E-state index in [0.29, 0.717) is 12.2 Å². The summed E-state index contributed by atoms with van der Waals surface area (Å²) in [4.78, 5) is 12.3. The molecule has 0 aliphatic heterocycles. The molecule has 0 saturated heterocycles. The van der Waals surface area contributed by atoms with E-state index in [2.05, 4.69) is 0 Å². The Bertz CT molecular complexity index is 281. The Hall–Kier alpha value is -0.480. The van der Waals surface area contributed by atoms with Crippen molar-refractivity contribution in [2.75, 3.05) is 19.1 Å². The fourth-order valence-corrected chi connectivity index (χ4v) is 2.19. The summed E-state index contributed by atoms with van der Waals surface area (Å²) >= 11 is 3.13. The second-order valence-corrected chi connectivity index (χ2v) is 4.39. The zero-order valence-corrected chi connectivity index (χ0v) is 9.33. The molecule has 1 aromatic rings. The number of ketones is 1. The molecule has 2 nitrogen and oxygen atoms in total. The summed E-state index contributed by atoms with van der Waals surface area (Å²) in [5, 5.41) is 1.88. The molecule has 0 unspecified atom stereocenters. The van der Waals surface area contributed by atoms with Gasteiger partial charge < -0.3 is 4.74 Å². The number of ether oxygens (including phenoxy) is 1. The van der Waals surface area contributed by atoms with Gasteiger partial charge in [-0.05, 0) is 17.7 Å². The average molecular weight is 216 g/mol. The van der Waals surface area contributed by atoms with E-state index >= 15 is 0 Å². The maximum atomic E-state index is 11.6. The van der Waals surface area contributed by atoms with E-state index in [1.807, 2.05) is 17.7 Å². The average Bonchev–Trinajstić information content (AvgIpc) is 2.61. The van der Waals surface area contributed by atoms with Crippen LogP contribution in [0.1, 0.15) is 16.1 Å². The van der Waals surface area contributed by atoms with E-state index in [9.17, 15) is 4.79 Å². The maximum absolute atomic E-state index is 11.6. The van der Waals surface area contributed by atoms with Gasteiger partial charge in [-0.15, -0.1) is 11.3 Å². The van der Waals surface area contributed by atoms with Crippen molar-refractivity contribution in [3.63, 3.8) is 0 Å². The highest BCUT2D eigenvalue weighted by Crippen LogP contribution is 2.25. The SMILES string of the molecule is COc1ccsc1C(=O)CCSC. The Morgan fingerprint density at radius 1 is 1.69 bits per heavy atom. The van der Waals surface area contributed by atoms with Gasteiger partial charge in [-0.2, -0.15) is 11.8 Å². The molecule has 0 aromatic carbocycles. The number of Topliss-reactive ketones (excluding diaryl/α,β-unsaturated/α-hetero) is 1. The molecule has 0 bridgehead atoms. The van der Waals surface area contributed by atoms with E-state index in [1.54, 1.807) is 18.9 Å². The van der Waals surface area contributed by atoms with Crippen LogP contribution in [0.2, 0.25) is 0 Å². The third-order valence-corrected chi connectivity index (χ3v) is 3.18. The van der Waals surface area contributed by atoms with Gasteiger partial charge >= 0.3 is 0 Å². The van der Waals surface area contributed by atoms with Gasteiger partial charge in [0, 0.05) is 12.2 Å². The lowest BCUT2D eigenvalue weighted by Gasteiger charge is -2.00. The predicted molar refractivity (Wildman–Crippen MR) is 58.2 cm³/mol. The van der Waals surface area contributed by atoms with E-state index in [-0.39, 0.29) is 5.78 Å². The standard InChI is InChI=1S/C9H12O2S2/c1-11-8-4-6-13-9(8)7(10)3-5-12-2/h4,6H,3,5H2,1-2H3. The first-order chi connectivity index (χ1) is 6.29. The van der Waals surface area contributed by atoms with Crippen LogP contribution in [0, 0.1) is 0 Å². The lowest BCUT2D eigenvalue weighted by atomic mass is 10.2. The van der Waals surface area contributed by atoms with Crippen LogP contribution in [0.5, 0.6) is 5.75 Å². The van der Waals surface area contributed by atoms with Crippen LogP contribution >= 0.6 is 23.1 Å². The lowest BCUT2D eigenvalue weighted by molar-refractivity contribution is 0.0991. The maximum Gasteiger partial charge on any atom is 0.177 e. The molecule has 72 valence electrons. The van der Waals surface area contributed by atoms with Crippen molar-refractivity contribution in [2.45, 2.75) is 6.42 Å². The number of thiophene rings is 1. The van der Waals surface area contributed by atoms with Crippen LogP contribution < -0.4 is 4.74 Å². The molecule has 1 rings (SSSR count). The Morgan fingerprint density at radius 3 is 3.08 bits per heavy atom. The summed E-state index contributed by atoms with van der Waals surface area (Å²) in [7, 11) is 1.59. The Kier molecular flexibility index (Phi) is 4.32. The van der Waals surface area contributed by atoms with Crippen molar-refractivity contribution >= 4 is 28.9 Å². The first-order valence-corrected chi connectivity index (χ1v) is 6.20. The molecule has 13 heavy (non-hydrogen) atoms. The topological polar surface area (TPSA) is 26.3 Å². The Balaban J connectivity index is 2.65. The molecule has 0 fully saturated rings. The van der Waals surface area contributed by atoms with Crippen molar-refractivity contribution in [3.05, 3.63) is 16.3 Å². The van der Waals surface area contributed by atoms with Crippen LogP contribution in [-0.2, 0) is 0 Å². The molecule has 4 heteroatoms. The third kappa shape index (κ3) is 2.74. The fraction of sp³-hybridized carbons (Fsp3) is 0.444. The minimum Gasteiger partial charge on any atom is -0.495 e. The van der Waals surface area contributed by atoms with Crippen molar-refractivity contribution in [1.82, 2.24) is 0 Å². The largest absolute Gasteiger partial charge is 0.495 e. The van der Waals surface area contributed by atoms with Crippen LogP contribution in [-0.4, -0.2) is 24.9 Å². The monoisotopic (exact) mass is 216 g/mol. The summed E-state index contributed by atoms with van der Waals surface area (Å²) in [5.41, 5.74) is 0. The van der Waals surface area contributed by atoms with Crippen LogP contribution in [0.4, 0.5) is 0 Å². The zero-order chi connectivity index (χ0) is 9.68.